The molecule has 0 amide bonds. The summed E-state index contributed by atoms with van der Waals surface area (Å²) in [4.78, 5) is 0. The van der Waals surface area contributed by atoms with E-state index >= 15 is 0 Å². The minimum Gasteiger partial charge on any atom is -0.427 e. The Morgan fingerprint density at radius 1 is 1.67 bits per heavy atom. The molecule has 0 aromatic heterocycles. The average molecular weight is 128 g/mol. The molecule has 0 aromatic rings. The van der Waals surface area contributed by atoms with Crippen LogP contribution in [0.15, 0.2) is 0 Å². The van der Waals surface area contributed by atoms with Gasteiger partial charge in [0.15, 0.2) is 0 Å². The van der Waals surface area contributed by atoms with Crippen molar-refractivity contribution in [2.24, 2.45) is 5.92 Å². The van der Waals surface area contributed by atoms with Crippen LogP contribution >= 0.6 is 0 Å². The Kier molecular flexibility index (Phi) is 2.14. The van der Waals surface area contributed by atoms with Crippen molar-refractivity contribution in [2.45, 2.75) is 26.1 Å². The fraction of sp³-hybridized carbons (Fsp3) is 1.00. The first-order valence-electron chi connectivity index (χ1n) is 3.51. The molecule has 1 atom stereocenters. The van der Waals surface area contributed by atoms with Crippen molar-refractivity contribution in [1.29, 1.82) is 0 Å². The topological polar surface area (TPSA) is 29.5 Å². The van der Waals surface area contributed by atoms with Crippen LogP contribution in [0.3, 0.4) is 0 Å². The van der Waals surface area contributed by atoms with Crippen LogP contribution in [0, 0.1) is 5.92 Å². The van der Waals surface area contributed by atoms with Crippen molar-refractivity contribution in [1.82, 2.24) is 0 Å². The minimum absolute atomic E-state index is 0.366. The zero-order chi connectivity index (χ0) is 6.85. The van der Waals surface area contributed by atoms with Crippen molar-refractivity contribution in [2.75, 3.05) is 6.61 Å². The Morgan fingerprint density at radius 3 is 2.56 bits per heavy atom. The smallest absolute Gasteiger partial charge is 0.427 e. The molecule has 1 aliphatic rings. The Morgan fingerprint density at radius 2 is 2.33 bits per heavy atom. The molecule has 0 aliphatic carbocycles. The first kappa shape index (κ1) is 7.10. The Bertz CT molecular complexity index is 95.1. The minimum atomic E-state index is -0.495. The van der Waals surface area contributed by atoms with E-state index in [2.05, 4.69) is 13.8 Å². The van der Waals surface area contributed by atoms with Crippen LogP contribution in [-0.2, 0) is 4.65 Å². The van der Waals surface area contributed by atoms with Crippen molar-refractivity contribution in [3.63, 3.8) is 0 Å². The molecule has 0 spiro atoms. The predicted octanol–water partition coefficient (Wildman–Crippen LogP) is 0.913. The summed E-state index contributed by atoms with van der Waals surface area (Å²) < 4.78 is 4.98. The first-order chi connectivity index (χ1) is 4.22. The van der Waals surface area contributed by atoms with Gasteiger partial charge in [-0.2, -0.15) is 0 Å². The normalized spacial score (nSPS) is 28.0. The summed E-state index contributed by atoms with van der Waals surface area (Å²) in [6.45, 7) is 4.95. The highest BCUT2D eigenvalue weighted by molar-refractivity contribution is 6.45. The summed E-state index contributed by atoms with van der Waals surface area (Å²) in [6, 6.07) is 0. The van der Waals surface area contributed by atoms with Crippen LogP contribution in [0.25, 0.3) is 0 Å². The first-order valence-corrected chi connectivity index (χ1v) is 3.51. The van der Waals surface area contributed by atoms with Gasteiger partial charge in [-0.3, -0.25) is 0 Å². The predicted molar refractivity (Wildman–Crippen MR) is 37.1 cm³/mol. The lowest BCUT2D eigenvalue weighted by Gasteiger charge is -2.11. The molecular weight excluding hydrogens is 115 g/mol. The Hall–Kier alpha value is -0.0151. The van der Waals surface area contributed by atoms with Gasteiger partial charge in [-0.05, 0) is 18.2 Å². The van der Waals surface area contributed by atoms with Crippen LogP contribution in [0.5, 0.6) is 0 Å². The van der Waals surface area contributed by atoms with Gasteiger partial charge in [0.2, 0.25) is 0 Å². The van der Waals surface area contributed by atoms with Crippen LogP contribution < -0.4 is 0 Å². The molecule has 1 fully saturated rings. The highest BCUT2D eigenvalue weighted by Gasteiger charge is 2.34. The highest BCUT2D eigenvalue weighted by Crippen LogP contribution is 2.29. The zero-order valence-corrected chi connectivity index (χ0v) is 6.00. The van der Waals surface area contributed by atoms with Gasteiger partial charge in [0.25, 0.3) is 0 Å². The molecule has 9 heavy (non-hydrogen) atoms. The lowest BCUT2D eigenvalue weighted by Crippen LogP contribution is -2.20. The number of hydrogen-bond acceptors (Lipinski definition) is 2. The molecule has 0 bridgehead atoms. The fourth-order valence-corrected chi connectivity index (χ4v) is 1.25. The third-order valence-electron chi connectivity index (χ3n) is 1.96. The summed E-state index contributed by atoms with van der Waals surface area (Å²) in [5.41, 5.74) is 0. The summed E-state index contributed by atoms with van der Waals surface area (Å²) in [5.74, 6) is 0.910. The maximum absolute atomic E-state index is 9.14. The molecular formula is C6H13BO2. The molecule has 1 heterocycles. The summed E-state index contributed by atoms with van der Waals surface area (Å²) in [6.07, 6.45) is 1.01. The molecule has 52 valence electrons. The molecule has 1 rings (SSSR count). The second-order valence-electron chi connectivity index (χ2n) is 2.96. The molecule has 0 unspecified atom stereocenters. The van der Waals surface area contributed by atoms with E-state index in [1.165, 1.54) is 0 Å². The standard InChI is InChI=1S/C6H13BO2/c1-5(2)6-3-4-9-7(6)8/h5-6,8H,3-4H2,1-2H3/t6-/m1/s1. The van der Waals surface area contributed by atoms with Crippen LogP contribution in [0.2, 0.25) is 5.82 Å². The van der Waals surface area contributed by atoms with E-state index in [0.717, 1.165) is 13.0 Å². The van der Waals surface area contributed by atoms with Crippen LogP contribution in [-0.4, -0.2) is 18.7 Å². The van der Waals surface area contributed by atoms with E-state index in [4.69, 9.17) is 9.68 Å². The van der Waals surface area contributed by atoms with E-state index in [1.807, 2.05) is 0 Å². The number of hydrogen-bond donors (Lipinski definition) is 1. The van der Waals surface area contributed by atoms with Gasteiger partial charge >= 0.3 is 7.12 Å². The maximum atomic E-state index is 9.14. The highest BCUT2D eigenvalue weighted by atomic mass is 16.5. The van der Waals surface area contributed by atoms with Crippen molar-refractivity contribution < 1.29 is 9.68 Å². The van der Waals surface area contributed by atoms with Crippen molar-refractivity contribution >= 4 is 7.12 Å². The molecule has 0 aromatic carbocycles. The second-order valence-corrected chi connectivity index (χ2v) is 2.96. The van der Waals surface area contributed by atoms with Crippen molar-refractivity contribution in [3.8, 4) is 0 Å². The van der Waals surface area contributed by atoms with E-state index in [9.17, 15) is 0 Å². The van der Waals surface area contributed by atoms with Gasteiger partial charge in [-0.15, -0.1) is 0 Å². The number of rotatable bonds is 1. The van der Waals surface area contributed by atoms with E-state index < -0.39 is 7.12 Å². The van der Waals surface area contributed by atoms with E-state index in [-0.39, 0.29) is 0 Å². The quantitative estimate of drug-likeness (QED) is 0.532. The fourth-order valence-electron chi connectivity index (χ4n) is 1.25. The SMILES string of the molecule is CC(C)[C@H]1CCOB1O. The lowest BCUT2D eigenvalue weighted by molar-refractivity contribution is 0.300. The molecule has 0 radical (unpaired) electrons. The second kappa shape index (κ2) is 2.71. The van der Waals surface area contributed by atoms with E-state index in [0.29, 0.717) is 11.7 Å². The van der Waals surface area contributed by atoms with Gasteiger partial charge in [0.1, 0.15) is 0 Å². The summed E-state index contributed by atoms with van der Waals surface area (Å²) >= 11 is 0. The van der Waals surface area contributed by atoms with Gasteiger partial charge in [0.05, 0.1) is 0 Å². The average Bonchev–Trinajstić information content (AvgIpc) is 2.13. The largest absolute Gasteiger partial charge is 0.457 e. The van der Waals surface area contributed by atoms with Gasteiger partial charge in [-0.1, -0.05) is 13.8 Å². The van der Waals surface area contributed by atoms with Crippen LogP contribution in [0.1, 0.15) is 20.3 Å². The van der Waals surface area contributed by atoms with Gasteiger partial charge < -0.3 is 9.68 Å². The molecule has 0 saturated carbocycles. The summed E-state index contributed by atoms with van der Waals surface area (Å²) in [7, 11) is -0.495. The van der Waals surface area contributed by atoms with Crippen molar-refractivity contribution in [3.05, 3.63) is 0 Å². The molecule has 1 saturated heterocycles. The summed E-state index contributed by atoms with van der Waals surface area (Å²) in [5, 5.41) is 9.14. The molecule has 1 aliphatic heterocycles. The zero-order valence-electron chi connectivity index (χ0n) is 6.00. The molecule has 3 heteroatoms. The monoisotopic (exact) mass is 128 g/mol. The Balaban J connectivity index is 2.40. The van der Waals surface area contributed by atoms with Gasteiger partial charge in [0, 0.05) is 6.61 Å². The molecule has 1 N–H and O–H groups in total. The van der Waals surface area contributed by atoms with Crippen LogP contribution in [0.4, 0.5) is 0 Å². The van der Waals surface area contributed by atoms with E-state index in [1.54, 1.807) is 0 Å². The maximum Gasteiger partial charge on any atom is 0.457 e. The van der Waals surface area contributed by atoms with Gasteiger partial charge in [-0.25, -0.2) is 0 Å². The third kappa shape index (κ3) is 1.46. The third-order valence-corrected chi connectivity index (χ3v) is 1.96. The lowest BCUT2D eigenvalue weighted by atomic mass is 9.67. The Labute approximate surface area is 56.4 Å². The molecule has 2 nitrogen and oxygen atoms in total.